The second-order valence-electron chi connectivity index (χ2n) is 5.68. The lowest BCUT2D eigenvalue weighted by Gasteiger charge is -2.06. The number of ether oxygens (including phenoxy) is 1. The van der Waals surface area contributed by atoms with E-state index in [4.69, 9.17) is 9.29 Å². The number of nitrogens with one attached hydrogen (secondary N) is 1. The minimum atomic E-state index is -4.51. The SMILES string of the molecule is COc1ccc(Cc2[nH]cnc2Cc2ccc(OS(=O)(=O)O)cc2)cc1. The van der Waals surface area contributed by atoms with Gasteiger partial charge in [0.05, 0.1) is 19.1 Å². The first-order valence-electron chi connectivity index (χ1n) is 7.83. The molecule has 0 radical (unpaired) electrons. The van der Waals surface area contributed by atoms with Crippen LogP contribution in [0.5, 0.6) is 11.5 Å². The van der Waals surface area contributed by atoms with Gasteiger partial charge in [-0.2, -0.15) is 8.42 Å². The number of hydrogen-bond donors (Lipinski definition) is 2. The molecule has 0 unspecified atom stereocenters. The van der Waals surface area contributed by atoms with E-state index in [0.29, 0.717) is 12.8 Å². The van der Waals surface area contributed by atoms with Crippen molar-refractivity contribution in [1.82, 2.24) is 9.97 Å². The van der Waals surface area contributed by atoms with Gasteiger partial charge in [-0.25, -0.2) is 4.98 Å². The van der Waals surface area contributed by atoms with Crippen LogP contribution in [0.4, 0.5) is 0 Å². The van der Waals surface area contributed by atoms with E-state index >= 15 is 0 Å². The van der Waals surface area contributed by atoms with Crippen LogP contribution in [0.15, 0.2) is 54.9 Å². The van der Waals surface area contributed by atoms with E-state index in [1.54, 1.807) is 25.6 Å². The van der Waals surface area contributed by atoms with E-state index in [9.17, 15) is 8.42 Å². The molecule has 7 nitrogen and oxygen atoms in total. The van der Waals surface area contributed by atoms with E-state index in [1.807, 2.05) is 24.3 Å². The molecule has 3 aromatic rings. The molecule has 3 rings (SSSR count). The van der Waals surface area contributed by atoms with Crippen LogP contribution < -0.4 is 8.92 Å². The van der Waals surface area contributed by atoms with Crippen molar-refractivity contribution in [1.29, 1.82) is 0 Å². The molecule has 26 heavy (non-hydrogen) atoms. The zero-order valence-electron chi connectivity index (χ0n) is 14.0. The highest BCUT2D eigenvalue weighted by molar-refractivity contribution is 7.81. The Kier molecular flexibility index (Phi) is 5.24. The molecule has 2 N–H and O–H groups in total. The van der Waals surface area contributed by atoms with E-state index in [2.05, 4.69) is 14.2 Å². The van der Waals surface area contributed by atoms with E-state index in [0.717, 1.165) is 28.3 Å². The van der Waals surface area contributed by atoms with Crippen LogP contribution in [0.3, 0.4) is 0 Å². The average molecular weight is 374 g/mol. The van der Waals surface area contributed by atoms with Gasteiger partial charge < -0.3 is 13.9 Å². The average Bonchev–Trinajstić information content (AvgIpc) is 3.03. The zero-order chi connectivity index (χ0) is 18.6. The standard InChI is InChI=1S/C18H18N2O5S/c1-24-15-6-2-13(3-7-15)10-17-18(20-12-19-17)11-14-4-8-16(9-5-14)25-26(21,22)23/h2-9,12H,10-11H2,1H3,(H,19,20)(H,21,22,23). The molecular weight excluding hydrogens is 356 g/mol. The topological polar surface area (TPSA) is 102 Å². The van der Waals surface area contributed by atoms with Gasteiger partial charge in [-0.05, 0) is 35.4 Å². The minimum Gasteiger partial charge on any atom is -0.497 e. The largest absolute Gasteiger partial charge is 0.497 e. The zero-order valence-corrected chi connectivity index (χ0v) is 14.9. The fraction of sp³-hybridized carbons (Fsp3) is 0.167. The van der Waals surface area contributed by atoms with Gasteiger partial charge in [0.2, 0.25) is 0 Å². The number of benzene rings is 2. The molecule has 0 atom stereocenters. The summed E-state index contributed by atoms with van der Waals surface area (Å²) in [4.78, 5) is 7.54. The predicted octanol–water partition coefficient (Wildman–Crippen LogP) is 2.78. The number of aromatic amines is 1. The summed E-state index contributed by atoms with van der Waals surface area (Å²) in [6.07, 6.45) is 2.95. The van der Waals surface area contributed by atoms with Crippen LogP contribution >= 0.6 is 0 Å². The van der Waals surface area contributed by atoms with Crippen molar-refractivity contribution in [3.63, 3.8) is 0 Å². The molecular formula is C18H18N2O5S. The molecule has 8 heteroatoms. The van der Waals surface area contributed by atoms with Crippen molar-refractivity contribution in [3.8, 4) is 11.5 Å². The van der Waals surface area contributed by atoms with Crippen molar-refractivity contribution < 1.29 is 21.9 Å². The van der Waals surface area contributed by atoms with Crippen molar-refractivity contribution in [2.24, 2.45) is 0 Å². The Bertz CT molecular complexity index is 964. The molecule has 0 aliphatic carbocycles. The van der Waals surface area contributed by atoms with Crippen LogP contribution in [-0.2, 0) is 23.2 Å². The highest BCUT2D eigenvalue weighted by atomic mass is 32.3. The van der Waals surface area contributed by atoms with E-state index < -0.39 is 10.4 Å². The van der Waals surface area contributed by atoms with Crippen molar-refractivity contribution in [2.75, 3.05) is 7.11 Å². The maximum Gasteiger partial charge on any atom is 0.446 e. The summed E-state index contributed by atoms with van der Waals surface area (Å²) < 4.78 is 39.7. The van der Waals surface area contributed by atoms with Crippen LogP contribution in [0, 0.1) is 0 Å². The van der Waals surface area contributed by atoms with Gasteiger partial charge in [0, 0.05) is 18.5 Å². The Labute approximate surface area is 151 Å². The molecule has 0 saturated carbocycles. The van der Waals surface area contributed by atoms with Crippen LogP contribution in [0.2, 0.25) is 0 Å². The molecule has 0 saturated heterocycles. The molecule has 0 aliphatic rings. The Balaban J connectivity index is 1.70. The Morgan fingerprint density at radius 3 is 2.12 bits per heavy atom. The van der Waals surface area contributed by atoms with Crippen LogP contribution in [0.25, 0.3) is 0 Å². The first-order valence-corrected chi connectivity index (χ1v) is 9.19. The predicted molar refractivity (Wildman–Crippen MR) is 95.8 cm³/mol. The van der Waals surface area contributed by atoms with E-state index in [-0.39, 0.29) is 5.75 Å². The Morgan fingerprint density at radius 2 is 1.54 bits per heavy atom. The van der Waals surface area contributed by atoms with Crippen LogP contribution in [0.1, 0.15) is 22.5 Å². The number of H-pyrrole nitrogens is 1. The van der Waals surface area contributed by atoms with Gasteiger partial charge in [-0.3, -0.25) is 4.55 Å². The third-order valence-electron chi connectivity index (χ3n) is 3.84. The smallest absolute Gasteiger partial charge is 0.446 e. The quantitative estimate of drug-likeness (QED) is 0.617. The second kappa shape index (κ2) is 7.59. The Hall–Kier alpha value is -2.84. The van der Waals surface area contributed by atoms with Gasteiger partial charge in [-0.1, -0.05) is 24.3 Å². The Morgan fingerprint density at radius 1 is 0.962 bits per heavy atom. The molecule has 1 heterocycles. The third-order valence-corrected chi connectivity index (χ3v) is 4.25. The summed E-state index contributed by atoms with van der Waals surface area (Å²) in [5.41, 5.74) is 3.99. The molecule has 0 aliphatic heterocycles. The second-order valence-corrected chi connectivity index (χ2v) is 6.71. The lowest BCUT2D eigenvalue weighted by molar-refractivity contribution is 0.387. The number of aromatic nitrogens is 2. The molecule has 2 aromatic carbocycles. The third kappa shape index (κ3) is 4.84. The first-order chi connectivity index (χ1) is 12.4. The highest BCUT2D eigenvalue weighted by Gasteiger charge is 2.10. The summed E-state index contributed by atoms with van der Waals surface area (Å²) in [6, 6.07) is 14.3. The number of rotatable bonds is 7. The van der Waals surface area contributed by atoms with Gasteiger partial charge >= 0.3 is 10.4 Å². The number of imidazole rings is 1. The van der Waals surface area contributed by atoms with Crippen molar-refractivity contribution in [3.05, 3.63) is 77.4 Å². The van der Waals surface area contributed by atoms with Gasteiger partial charge in [-0.15, -0.1) is 0 Å². The van der Waals surface area contributed by atoms with Gasteiger partial charge in [0.15, 0.2) is 0 Å². The molecule has 1 aromatic heterocycles. The molecule has 0 spiro atoms. The summed E-state index contributed by atoms with van der Waals surface area (Å²) in [5.74, 6) is 0.863. The normalized spacial score (nSPS) is 11.3. The van der Waals surface area contributed by atoms with Crippen molar-refractivity contribution in [2.45, 2.75) is 12.8 Å². The lowest BCUT2D eigenvalue weighted by Crippen LogP contribution is -2.06. The maximum atomic E-state index is 10.7. The summed E-state index contributed by atoms with van der Waals surface area (Å²) in [5, 5.41) is 0. The number of nitrogens with zero attached hydrogens (tertiary/aromatic N) is 1. The lowest BCUT2D eigenvalue weighted by atomic mass is 10.0. The number of methoxy groups -OCH3 is 1. The highest BCUT2D eigenvalue weighted by Crippen LogP contribution is 2.19. The van der Waals surface area contributed by atoms with Gasteiger partial charge in [0.1, 0.15) is 11.5 Å². The molecule has 136 valence electrons. The molecule has 0 fully saturated rings. The van der Waals surface area contributed by atoms with Crippen LogP contribution in [-0.4, -0.2) is 30.0 Å². The summed E-state index contributed by atoms with van der Waals surface area (Å²) >= 11 is 0. The summed E-state index contributed by atoms with van der Waals surface area (Å²) in [7, 11) is -2.88. The van der Waals surface area contributed by atoms with Gasteiger partial charge in [0.25, 0.3) is 0 Å². The van der Waals surface area contributed by atoms with E-state index in [1.165, 1.54) is 12.1 Å². The maximum absolute atomic E-state index is 10.7. The fourth-order valence-electron chi connectivity index (χ4n) is 2.58. The van der Waals surface area contributed by atoms with Crippen molar-refractivity contribution >= 4 is 10.4 Å². The molecule has 0 bridgehead atoms. The number of hydrogen-bond acceptors (Lipinski definition) is 5. The minimum absolute atomic E-state index is 0.0525. The monoisotopic (exact) mass is 374 g/mol. The first kappa shape index (κ1) is 18.0. The molecule has 0 amide bonds. The fourth-order valence-corrected chi connectivity index (χ4v) is 2.93. The summed E-state index contributed by atoms with van der Waals surface area (Å²) in [6.45, 7) is 0.